The number of hydrogen-bond acceptors (Lipinski definition) is 15. The molecular formula is C77H150O17P2. The fraction of sp³-hybridized carbons (Fsp3) is 0.948. The maximum atomic E-state index is 13.1. The zero-order valence-electron chi connectivity index (χ0n) is 62.5. The molecule has 3 unspecified atom stereocenters. The lowest BCUT2D eigenvalue weighted by Crippen LogP contribution is -2.30. The van der Waals surface area contributed by atoms with E-state index in [1.807, 2.05) is 0 Å². The lowest BCUT2D eigenvalue weighted by molar-refractivity contribution is -0.161. The number of ether oxygens (including phenoxy) is 4. The van der Waals surface area contributed by atoms with Crippen LogP contribution in [0.3, 0.4) is 0 Å². The highest BCUT2D eigenvalue weighted by molar-refractivity contribution is 7.47. The summed E-state index contributed by atoms with van der Waals surface area (Å²) >= 11 is 0. The summed E-state index contributed by atoms with van der Waals surface area (Å²) in [5, 5.41) is 10.6. The van der Waals surface area contributed by atoms with Gasteiger partial charge in [0, 0.05) is 25.7 Å². The van der Waals surface area contributed by atoms with Gasteiger partial charge < -0.3 is 33.8 Å². The average molecular weight is 1410 g/mol. The maximum absolute atomic E-state index is 13.1. The molecule has 0 aliphatic carbocycles. The van der Waals surface area contributed by atoms with Gasteiger partial charge in [-0.25, -0.2) is 9.13 Å². The molecule has 17 nitrogen and oxygen atoms in total. The molecule has 0 amide bonds. The molecule has 0 aromatic heterocycles. The van der Waals surface area contributed by atoms with Crippen molar-refractivity contribution in [2.75, 3.05) is 39.6 Å². The van der Waals surface area contributed by atoms with Crippen molar-refractivity contribution in [2.24, 2.45) is 5.92 Å². The average Bonchev–Trinajstić information content (AvgIpc) is 2.47. The lowest BCUT2D eigenvalue weighted by atomic mass is 10.00. The molecule has 0 aromatic rings. The predicted octanol–water partition coefficient (Wildman–Crippen LogP) is 22.9. The molecule has 3 N–H and O–H groups in total. The molecule has 96 heavy (non-hydrogen) atoms. The highest BCUT2D eigenvalue weighted by Gasteiger charge is 2.30. The molecule has 0 heterocycles. The van der Waals surface area contributed by atoms with Crippen LogP contribution >= 0.6 is 15.6 Å². The van der Waals surface area contributed by atoms with Gasteiger partial charge in [0.05, 0.1) is 26.4 Å². The monoisotopic (exact) mass is 1410 g/mol. The SMILES string of the molecule is CCCCCCCCCCCCCCCCCCC(=O)OC[C@H](COP(=O)(O)OC[C@@H](O)COP(=O)(O)OC[C@@H](COC(=O)CCCCCCCCC(C)CC)OC(=O)CCCCCCCCCCCCCCCC)OC(=O)CCCCCCCCCCCCCCCCCC. The fourth-order valence-corrected chi connectivity index (χ4v) is 13.4. The molecule has 0 saturated heterocycles. The number of phosphoric ester groups is 2. The minimum absolute atomic E-state index is 0.107. The zero-order chi connectivity index (χ0) is 70.5. The van der Waals surface area contributed by atoms with E-state index in [4.69, 9.17) is 37.0 Å². The Morgan fingerprint density at radius 3 is 0.740 bits per heavy atom. The Labute approximate surface area is 588 Å². The van der Waals surface area contributed by atoms with E-state index in [0.717, 1.165) is 102 Å². The molecular weight excluding hydrogens is 1260 g/mol. The fourth-order valence-electron chi connectivity index (χ4n) is 11.8. The molecule has 0 aliphatic heterocycles. The minimum Gasteiger partial charge on any atom is -0.462 e. The molecule has 570 valence electrons. The zero-order valence-corrected chi connectivity index (χ0v) is 64.3. The Balaban J connectivity index is 5.25. The van der Waals surface area contributed by atoms with Gasteiger partial charge >= 0.3 is 39.5 Å². The van der Waals surface area contributed by atoms with Crippen molar-refractivity contribution < 1.29 is 80.2 Å². The van der Waals surface area contributed by atoms with Crippen molar-refractivity contribution >= 4 is 39.5 Å². The van der Waals surface area contributed by atoms with Crippen molar-refractivity contribution in [3.8, 4) is 0 Å². The molecule has 6 atom stereocenters. The summed E-state index contributed by atoms with van der Waals surface area (Å²) in [4.78, 5) is 72.9. The Morgan fingerprint density at radius 2 is 0.500 bits per heavy atom. The second-order valence-electron chi connectivity index (χ2n) is 28.0. The number of carbonyl (C=O) groups is 4. The summed E-state index contributed by atoms with van der Waals surface area (Å²) in [7, 11) is -9.91. The first-order valence-corrected chi connectivity index (χ1v) is 43.2. The maximum Gasteiger partial charge on any atom is 0.472 e. The third-order valence-corrected chi connectivity index (χ3v) is 20.3. The second kappa shape index (κ2) is 70.1. The van der Waals surface area contributed by atoms with Gasteiger partial charge in [-0.05, 0) is 31.6 Å². The smallest absolute Gasteiger partial charge is 0.462 e. The Hall–Kier alpha value is -1.94. The van der Waals surface area contributed by atoms with E-state index in [9.17, 15) is 43.2 Å². The first-order valence-electron chi connectivity index (χ1n) is 40.2. The Kier molecular flexibility index (Phi) is 68.7. The van der Waals surface area contributed by atoms with Crippen molar-refractivity contribution in [3.63, 3.8) is 0 Å². The van der Waals surface area contributed by atoms with Crippen LogP contribution in [0, 0.1) is 5.92 Å². The number of hydrogen-bond donors (Lipinski definition) is 3. The minimum atomic E-state index is -4.96. The van der Waals surface area contributed by atoms with Crippen LogP contribution in [0.25, 0.3) is 0 Å². The third-order valence-electron chi connectivity index (χ3n) is 18.4. The molecule has 19 heteroatoms. The first-order chi connectivity index (χ1) is 46.6. The van der Waals surface area contributed by atoms with Crippen molar-refractivity contribution in [3.05, 3.63) is 0 Å². The summed E-state index contributed by atoms with van der Waals surface area (Å²) < 4.78 is 68.6. The number of carbonyl (C=O) groups excluding carboxylic acids is 4. The molecule has 0 spiro atoms. The summed E-state index contributed by atoms with van der Waals surface area (Å²) in [5.41, 5.74) is 0. The summed E-state index contributed by atoms with van der Waals surface area (Å²) in [5.74, 6) is -1.38. The van der Waals surface area contributed by atoms with E-state index in [2.05, 4.69) is 34.6 Å². The van der Waals surface area contributed by atoms with E-state index in [-0.39, 0.29) is 25.7 Å². The number of unbranched alkanes of at least 4 members (excludes halogenated alkanes) is 48. The summed E-state index contributed by atoms with van der Waals surface area (Å²) in [6.45, 7) is 7.27. The molecule has 0 aliphatic rings. The molecule has 0 saturated carbocycles. The summed E-state index contributed by atoms with van der Waals surface area (Å²) in [6.07, 6.45) is 59.5. The van der Waals surface area contributed by atoms with Gasteiger partial charge in [0.1, 0.15) is 19.3 Å². The van der Waals surface area contributed by atoms with Gasteiger partial charge in [-0.3, -0.25) is 37.3 Å². The number of aliphatic hydroxyl groups excluding tert-OH is 1. The van der Waals surface area contributed by atoms with Crippen LogP contribution in [0.4, 0.5) is 0 Å². The van der Waals surface area contributed by atoms with Crippen molar-refractivity contribution in [1.29, 1.82) is 0 Å². The van der Waals surface area contributed by atoms with Gasteiger partial charge in [-0.15, -0.1) is 0 Å². The first kappa shape index (κ1) is 94.1. The molecule has 0 radical (unpaired) electrons. The van der Waals surface area contributed by atoms with Gasteiger partial charge in [0.25, 0.3) is 0 Å². The van der Waals surface area contributed by atoms with Crippen LogP contribution in [0.15, 0.2) is 0 Å². The highest BCUT2D eigenvalue weighted by atomic mass is 31.2. The van der Waals surface area contributed by atoms with E-state index < -0.39 is 97.5 Å². The molecule has 0 aromatic carbocycles. The van der Waals surface area contributed by atoms with Crippen LogP contribution < -0.4 is 0 Å². The van der Waals surface area contributed by atoms with Gasteiger partial charge in [-0.1, -0.05) is 356 Å². The topological polar surface area (TPSA) is 237 Å². The van der Waals surface area contributed by atoms with E-state index in [1.165, 1.54) is 225 Å². The van der Waals surface area contributed by atoms with Crippen LogP contribution in [-0.2, 0) is 65.4 Å². The number of aliphatic hydroxyl groups is 1. The third kappa shape index (κ3) is 69.2. The highest BCUT2D eigenvalue weighted by Crippen LogP contribution is 2.45. The van der Waals surface area contributed by atoms with Crippen LogP contribution in [0.5, 0.6) is 0 Å². The van der Waals surface area contributed by atoms with Crippen LogP contribution in [0.1, 0.15) is 407 Å². The summed E-state index contributed by atoms with van der Waals surface area (Å²) in [6, 6.07) is 0. The van der Waals surface area contributed by atoms with Crippen molar-refractivity contribution in [1.82, 2.24) is 0 Å². The normalized spacial score (nSPS) is 14.2. The Morgan fingerprint density at radius 1 is 0.292 bits per heavy atom. The van der Waals surface area contributed by atoms with Crippen molar-refractivity contribution in [2.45, 2.75) is 425 Å². The molecule has 0 fully saturated rings. The molecule has 0 rings (SSSR count). The quantitative estimate of drug-likeness (QED) is 0.0222. The predicted molar refractivity (Wildman–Crippen MR) is 391 cm³/mol. The van der Waals surface area contributed by atoms with Crippen LogP contribution in [0.2, 0.25) is 0 Å². The number of esters is 4. The van der Waals surface area contributed by atoms with Crippen LogP contribution in [-0.4, -0.2) is 96.7 Å². The van der Waals surface area contributed by atoms with Gasteiger partial charge in [-0.2, -0.15) is 0 Å². The molecule has 0 bridgehead atoms. The van der Waals surface area contributed by atoms with E-state index in [0.29, 0.717) is 25.7 Å². The Bertz CT molecular complexity index is 1840. The standard InChI is InChI=1S/C77H150O17P2/c1-6-10-13-16-19-22-25-28-31-33-36-38-41-44-50-55-60-74(79)87-66-72(93-76(81)63-58-53-46-43-40-37-34-32-29-26-23-20-17-14-11-7-2)68-91-95(83,84)89-64-71(78)65-90-96(85,86)92-69-73(67-88-75(80)61-56-51-48-47-49-54-59-70(5)9-4)94-77(82)62-57-52-45-42-39-35-30-27-24-21-18-15-12-8-3/h70-73,78H,6-69H2,1-5H3,(H,83,84)(H,85,86)/t70?,71-,72-,73-/m1/s1. The van der Waals surface area contributed by atoms with Gasteiger partial charge in [0.15, 0.2) is 12.2 Å². The van der Waals surface area contributed by atoms with Gasteiger partial charge in [0.2, 0.25) is 0 Å². The number of rotatable bonds is 77. The lowest BCUT2D eigenvalue weighted by Gasteiger charge is -2.21. The largest absolute Gasteiger partial charge is 0.472 e. The number of phosphoric acid groups is 2. The van der Waals surface area contributed by atoms with E-state index in [1.54, 1.807) is 0 Å². The van der Waals surface area contributed by atoms with E-state index >= 15 is 0 Å². The second-order valence-corrected chi connectivity index (χ2v) is 30.9.